The van der Waals surface area contributed by atoms with Gasteiger partial charge in [-0.05, 0) is 44.5 Å². The van der Waals surface area contributed by atoms with Gasteiger partial charge in [-0.25, -0.2) is 4.79 Å². The predicted molar refractivity (Wildman–Crippen MR) is 101 cm³/mol. The van der Waals surface area contributed by atoms with E-state index in [-0.39, 0.29) is 6.09 Å². The summed E-state index contributed by atoms with van der Waals surface area (Å²) >= 11 is 6.94. The predicted octanol–water partition coefficient (Wildman–Crippen LogP) is 6.15. The number of hydrogen-bond donors (Lipinski definition) is 0. The van der Waals surface area contributed by atoms with E-state index in [4.69, 9.17) is 4.74 Å². The second kappa shape index (κ2) is 7.49. The van der Waals surface area contributed by atoms with Gasteiger partial charge in [0.2, 0.25) is 0 Å². The van der Waals surface area contributed by atoms with Crippen LogP contribution >= 0.6 is 31.9 Å². The van der Waals surface area contributed by atoms with Crippen molar-refractivity contribution in [1.82, 2.24) is 0 Å². The number of ether oxygens (including phenoxy) is 1. The Morgan fingerprint density at radius 2 is 1.61 bits per heavy atom. The molecule has 0 radical (unpaired) electrons. The monoisotopic (exact) mass is 439 g/mol. The minimum absolute atomic E-state index is 0.369. The van der Waals surface area contributed by atoms with Gasteiger partial charge in [0.25, 0.3) is 0 Å². The summed E-state index contributed by atoms with van der Waals surface area (Å²) in [5.74, 6) is 0. The van der Waals surface area contributed by atoms with Crippen molar-refractivity contribution in [3.05, 3.63) is 63.0 Å². The maximum atomic E-state index is 12.7. The minimum atomic E-state index is -0.546. The minimum Gasteiger partial charge on any atom is -0.443 e. The quantitative estimate of drug-likeness (QED) is 0.572. The first-order chi connectivity index (χ1) is 10.7. The van der Waals surface area contributed by atoms with Crippen molar-refractivity contribution < 1.29 is 9.53 Å². The first-order valence-corrected chi connectivity index (χ1v) is 8.84. The van der Waals surface area contributed by atoms with Crippen LogP contribution in [0, 0.1) is 0 Å². The number of amides is 1. The first kappa shape index (κ1) is 18.0. The average molecular weight is 441 g/mol. The van der Waals surface area contributed by atoms with E-state index < -0.39 is 5.60 Å². The Hall–Kier alpha value is -1.33. The lowest BCUT2D eigenvalue weighted by molar-refractivity contribution is 0.0577. The molecule has 5 heteroatoms. The Labute approximate surface area is 153 Å². The first-order valence-electron chi connectivity index (χ1n) is 7.25. The van der Waals surface area contributed by atoms with Crippen molar-refractivity contribution in [1.29, 1.82) is 0 Å². The Kier molecular flexibility index (Phi) is 5.87. The summed E-state index contributed by atoms with van der Waals surface area (Å²) in [5.41, 5.74) is 1.26. The topological polar surface area (TPSA) is 29.5 Å². The lowest BCUT2D eigenvalue weighted by Crippen LogP contribution is -2.36. The molecule has 122 valence electrons. The van der Waals surface area contributed by atoms with Crippen molar-refractivity contribution in [2.24, 2.45) is 0 Å². The van der Waals surface area contributed by atoms with Crippen LogP contribution in [0.1, 0.15) is 26.3 Å². The highest BCUT2D eigenvalue weighted by Crippen LogP contribution is 2.28. The van der Waals surface area contributed by atoms with E-state index in [1.54, 1.807) is 4.90 Å². The summed E-state index contributed by atoms with van der Waals surface area (Å²) in [5, 5.41) is 0. The van der Waals surface area contributed by atoms with Gasteiger partial charge < -0.3 is 4.74 Å². The molecule has 0 unspecified atom stereocenters. The third-order valence-electron chi connectivity index (χ3n) is 2.96. The van der Waals surface area contributed by atoms with Crippen LogP contribution in [0.15, 0.2) is 57.5 Å². The lowest BCUT2D eigenvalue weighted by Gasteiger charge is -2.28. The van der Waals surface area contributed by atoms with Crippen LogP contribution in [0.5, 0.6) is 0 Å². The fourth-order valence-corrected chi connectivity index (χ4v) is 3.31. The molecule has 0 saturated carbocycles. The third kappa shape index (κ3) is 5.66. The highest BCUT2D eigenvalue weighted by atomic mass is 79.9. The van der Waals surface area contributed by atoms with Gasteiger partial charge in [0, 0.05) is 14.6 Å². The number of halogens is 2. The van der Waals surface area contributed by atoms with Crippen LogP contribution in [0.25, 0.3) is 0 Å². The van der Waals surface area contributed by atoms with Gasteiger partial charge in [-0.3, -0.25) is 4.90 Å². The zero-order valence-corrected chi connectivity index (χ0v) is 16.5. The molecule has 0 spiro atoms. The van der Waals surface area contributed by atoms with E-state index >= 15 is 0 Å². The lowest BCUT2D eigenvalue weighted by atomic mass is 10.2. The summed E-state index contributed by atoms with van der Waals surface area (Å²) in [6.45, 7) is 6.03. The molecule has 2 aromatic carbocycles. The molecule has 3 nitrogen and oxygen atoms in total. The van der Waals surface area contributed by atoms with Gasteiger partial charge in [-0.1, -0.05) is 62.2 Å². The molecule has 0 fully saturated rings. The third-order valence-corrected chi connectivity index (χ3v) is 3.87. The van der Waals surface area contributed by atoms with E-state index in [1.165, 1.54) is 0 Å². The number of hydrogen-bond acceptors (Lipinski definition) is 2. The number of benzene rings is 2. The largest absolute Gasteiger partial charge is 0.443 e. The molecule has 1 amide bonds. The van der Waals surface area contributed by atoms with E-state index in [9.17, 15) is 4.79 Å². The molecule has 0 aromatic heterocycles. The van der Waals surface area contributed by atoms with Crippen LogP contribution in [-0.2, 0) is 11.3 Å². The van der Waals surface area contributed by atoms with Gasteiger partial charge in [0.1, 0.15) is 5.60 Å². The summed E-state index contributed by atoms with van der Waals surface area (Å²) in [6.07, 6.45) is -0.369. The Bertz CT molecular complexity index is 661. The van der Waals surface area contributed by atoms with E-state index in [0.717, 1.165) is 20.2 Å². The van der Waals surface area contributed by atoms with E-state index in [0.29, 0.717) is 6.54 Å². The Balaban J connectivity index is 2.36. The summed E-state index contributed by atoms with van der Waals surface area (Å²) in [7, 11) is 0. The van der Waals surface area contributed by atoms with Crippen molar-refractivity contribution in [2.75, 3.05) is 4.90 Å². The maximum absolute atomic E-state index is 12.7. The maximum Gasteiger partial charge on any atom is 0.415 e. The van der Waals surface area contributed by atoms with Crippen LogP contribution in [0.3, 0.4) is 0 Å². The molecule has 0 N–H and O–H groups in total. The van der Waals surface area contributed by atoms with Gasteiger partial charge in [0.05, 0.1) is 6.54 Å². The molecule has 0 atom stereocenters. The number of carbonyl (C=O) groups is 1. The molecular formula is C18H19Br2NO2. The molecule has 0 aliphatic heterocycles. The molecule has 0 aliphatic rings. The molecule has 0 bridgehead atoms. The van der Waals surface area contributed by atoms with Crippen molar-refractivity contribution in [2.45, 2.75) is 32.9 Å². The molecular weight excluding hydrogens is 422 g/mol. The Morgan fingerprint density at radius 3 is 2.13 bits per heavy atom. The van der Waals surface area contributed by atoms with Crippen molar-refractivity contribution in [3.8, 4) is 0 Å². The van der Waals surface area contributed by atoms with E-state index in [1.807, 2.05) is 69.3 Å². The van der Waals surface area contributed by atoms with E-state index in [2.05, 4.69) is 31.9 Å². The standard InChI is InChI=1S/C18H19Br2NO2/c1-18(2,3)23-17(22)21(12-13-7-5-4-6-8-13)16-10-14(19)9-15(20)11-16/h4-11H,12H2,1-3H3. The highest BCUT2D eigenvalue weighted by molar-refractivity contribution is 9.11. The Morgan fingerprint density at radius 1 is 1.04 bits per heavy atom. The smallest absolute Gasteiger partial charge is 0.415 e. The van der Waals surface area contributed by atoms with Crippen LogP contribution in [0.4, 0.5) is 10.5 Å². The van der Waals surface area contributed by atoms with Crippen LogP contribution < -0.4 is 4.90 Å². The van der Waals surface area contributed by atoms with Gasteiger partial charge in [-0.2, -0.15) is 0 Å². The highest BCUT2D eigenvalue weighted by Gasteiger charge is 2.24. The summed E-state index contributed by atoms with van der Waals surface area (Å²) in [4.78, 5) is 14.3. The zero-order chi connectivity index (χ0) is 17.0. The molecule has 2 rings (SSSR count). The second-order valence-electron chi connectivity index (χ2n) is 6.18. The molecule has 2 aromatic rings. The number of anilines is 1. The molecule has 0 heterocycles. The average Bonchev–Trinajstić information content (AvgIpc) is 2.42. The van der Waals surface area contributed by atoms with Crippen molar-refractivity contribution in [3.63, 3.8) is 0 Å². The second-order valence-corrected chi connectivity index (χ2v) is 8.01. The number of rotatable bonds is 3. The van der Waals surface area contributed by atoms with Crippen LogP contribution in [0.2, 0.25) is 0 Å². The molecule has 0 saturated heterocycles. The fraction of sp³-hybridized carbons (Fsp3) is 0.278. The fourth-order valence-electron chi connectivity index (χ4n) is 2.04. The SMILES string of the molecule is CC(C)(C)OC(=O)N(Cc1ccccc1)c1cc(Br)cc(Br)c1. The van der Waals surface area contributed by atoms with Crippen LogP contribution in [-0.4, -0.2) is 11.7 Å². The normalized spacial score (nSPS) is 11.2. The zero-order valence-electron chi connectivity index (χ0n) is 13.3. The number of nitrogens with zero attached hydrogens (tertiary/aromatic N) is 1. The van der Waals surface area contributed by atoms with Gasteiger partial charge in [0.15, 0.2) is 0 Å². The summed E-state index contributed by atoms with van der Waals surface area (Å²) in [6, 6.07) is 15.6. The van der Waals surface area contributed by atoms with Gasteiger partial charge in [-0.15, -0.1) is 0 Å². The summed E-state index contributed by atoms with van der Waals surface area (Å²) < 4.78 is 7.35. The van der Waals surface area contributed by atoms with Gasteiger partial charge >= 0.3 is 6.09 Å². The van der Waals surface area contributed by atoms with Crippen molar-refractivity contribution >= 4 is 43.6 Å². The molecule has 0 aliphatic carbocycles. The molecule has 23 heavy (non-hydrogen) atoms. The number of carbonyl (C=O) groups excluding carboxylic acids is 1.